The number of rotatable bonds is 8. The van der Waals surface area contributed by atoms with Crippen LogP contribution in [0.4, 0.5) is 0 Å². The zero-order valence-electron chi connectivity index (χ0n) is 18.4. The highest BCUT2D eigenvalue weighted by molar-refractivity contribution is 14.0. The molecule has 1 atom stereocenters. The number of guanidine groups is 1. The maximum Gasteiger partial charge on any atom is 0.191 e. The van der Waals surface area contributed by atoms with Crippen molar-refractivity contribution in [2.45, 2.75) is 65.0 Å². The predicted molar refractivity (Wildman–Crippen MR) is 132 cm³/mol. The molecule has 0 bridgehead atoms. The molecular formula is C22H35IN6O. The van der Waals surface area contributed by atoms with Crippen LogP contribution in [0.25, 0.3) is 0 Å². The zero-order chi connectivity index (χ0) is 20.5. The van der Waals surface area contributed by atoms with Crippen LogP contribution in [0, 0.1) is 6.92 Å². The van der Waals surface area contributed by atoms with Crippen LogP contribution >= 0.6 is 24.0 Å². The summed E-state index contributed by atoms with van der Waals surface area (Å²) in [6.07, 6.45) is 6.78. The lowest BCUT2D eigenvalue weighted by Crippen LogP contribution is -2.42. The Labute approximate surface area is 197 Å². The maximum absolute atomic E-state index is 5.96. The van der Waals surface area contributed by atoms with Gasteiger partial charge in [-0.3, -0.25) is 4.99 Å². The molecule has 0 saturated heterocycles. The first-order chi connectivity index (χ1) is 14.2. The first kappa shape index (κ1) is 24.4. The van der Waals surface area contributed by atoms with Gasteiger partial charge in [-0.25, -0.2) is 0 Å². The Morgan fingerprint density at radius 2 is 2.10 bits per heavy atom. The standard InChI is InChI=1S/C22H34N6O.HI/c1-17-9-7-10-19(15-17)29-18(2)16-25-22(23-3)24-13-8-12-21-27-26-20-11-5-4-6-14-28(20)21;/h7,9-10,15,18H,4-6,8,11-14,16H2,1-3H3,(H2,23,24,25);1H. The Bertz CT molecular complexity index is 807. The van der Waals surface area contributed by atoms with Gasteiger partial charge in [-0.1, -0.05) is 18.6 Å². The van der Waals surface area contributed by atoms with Crippen molar-refractivity contribution >= 4 is 29.9 Å². The van der Waals surface area contributed by atoms with Gasteiger partial charge in [0.25, 0.3) is 0 Å². The molecule has 0 spiro atoms. The highest BCUT2D eigenvalue weighted by Gasteiger charge is 2.14. The van der Waals surface area contributed by atoms with E-state index < -0.39 is 0 Å². The second kappa shape index (κ2) is 12.8. The molecule has 30 heavy (non-hydrogen) atoms. The Morgan fingerprint density at radius 1 is 1.23 bits per heavy atom. The van der Waals surface area contributed by atoms with E-state index in [1.165, 1.54) is 24.8 Å². The van der Waals surface area contributed by atoms with Gasteiger partial charge in [-0.2, -0.15) is 0 Å². The molecule has 0 radical (unpaired) electrons. The fraction of sp³-hybridized carbons (Fsp3) is 0.591. The molecule has 1 aromatic carbocycles. The van der Waals surface area contributed by atoms with E-state index in [0.717, 1.165) is 55.7 Å². The highest BCUT2D eigenvalue weighted by Crippen LogP contribution is 2.15. The summed E-state index contributed by atoms with van der Waals surface area (Å²) >= 11 is 0. The van der Waals surface area contributed by atoms with E-state index in [-0.39, 0.29) is 30.1 Å². The van der Waals surface area contributed by atoms with Gasteiger partial charge in [0.1, 0.15) is 23.5 Å². The topological polar surface area (TPSA) is 76.4 Å². The van der Waals surface area contributed by atoms with Crippen LogP contribution in [0.5, 0.6) is 5.75 Å². The Morgan fingerprint density at radius 3 is 2.90 bits per heavy atom. The van der Waals surface area contributed by atoms with Crippen molar-refractivity contribution in [1.29, 1.82) is 0 Å². The Kier molecular flexibility index (Phi) is 10.4. The molecule has 1 aliphatic rings. The molecule has 3 rings (SSSR count). The van der Waals surface area contributed by atoms with Gasteiger partial charge >= 0.3 is 0 Å². The van der Waals surface area contributed by atoms with E-state index in [4.69, 9.17) is 4.74 Å². The molecular weight excluding hydrogens is 491 g/mol. The second-order valence-corrected chi connectivity index (χ2v) is 7.72. The molecule has 1 aromatic heterocycles. The smallest absolute Gasteiger partial charge is 0.191 e. The minimum atomic E-state index is 0. The van der Waals surface area contributed by atoms with Gasteiger partial charge in [0.2, 0.25) is 0 Å². The summed E-state index contributed by atoms with van der Waals surface area (Å²) < 4.78 is 8.29. The van der Waals surface area contributed by atoms with Crippen LogP contribution in [0.3, 0.4) is 0 Å². The molecule has 1 aliphatic heterocycles. The summed E-state index contributed by atoms with van der Waals surface area (Å²) in [4.78, 5) is 4.30. The van der Waals surface area contributed by atoms with Crippen LogP contribution in [-0.4, -0.2) is 47.0 Å². The molecule has 2 aromatic rings. The van der Waals surface area contributed by atoms with Crippen molar-refractivity contribution in [3.05, 3.63) is 41.5 Å². The molecule has 0 aliphatic carbocycles. The third-order valence-electron chi connectivity index (χ3n) is 5.16. The number of hydrogen-bond donors (Lipinski definition) is 2. The van der Waals surface area contributed by atoms with Crippen molar-refractivity contribution in [2.75, 3.05) is 20.1 Å². The zero-order valence-corrected chi connectivity index (χ0v) is 20.7. The number of nitrogens with one attached hydrogen (secondary N) is 2. The van der Waals surface area contributed by atoms with E-state index in [1.54, 1.807) is 7.05 Å². The number of benzene rings is 1. The molecule has 7 nitrogen and oxygen atoms in total. The summed E-state index contributed by atoms with van der Waals surface area (Å²) in [6.45, 7) is 6.71. The van der Waals surface area contributed by atoms with Crippen LogP contribution in [-0.2, 0) is 19.4 Å². The molecule has 166 valence electrons. The second-order valence-electron chi connectivity index (χ2n) is 7.72. The summed E-state index contributed by atoms with van der Waals surface area (Å²) in [5.74, 6) is 3.97. The summed E-state index contributed by atoms with van der Waals surface area (Å²) in [5, 5.41) is 15.5. The van der Waals surface area contributed by atoms with Crippen LogP contribution in [0.1, 0.15) is 49.8 Å². The van der Waals surface area contributed by atoms with Gasteiger partial charge in [0.05, 0.1) is 6.54 Å². The molecule has 0 saturated carbocycles. The van der Waals surface area contributed by atoms with Crippen molar-refractivity contribution in [3.8, 4) is 5.75 Å². The lowest BCUT2D eigenvalue weighted by atomic mass is 10.2. The van der Waals surface area contributed by atoms with E-state index in [0.29, 0.717) is 6.54 Å². The van der Waals surface area contributed by atoms with Crippen LogP contribution in [0.2, 0.25) is 0 Å². The highest BCUT2D eigenvalue weighted by atomic mass is 127. The fourth-order valence-electron chi connectivity index (χ4n) is 3.61. The first-order valence-corrected chi connectivity index (χ1v) is 10.7. The molecule has 8 heteroatoms. The minimum Gasteiger partial charge on any atom is -0.489 e. The van der Waals surface area contributed by atoms with Crippen LogP contribution in [0.15, 0.2) is 29.3 Å². The third kappa shape index (κ3) is 7.45. The fourth-order valence-corrected chi connectivity index (χ4v) is 3.61. The number of hydrogen-bond acceptors (Lipinski definition) is 4. The largest absolute Gasteiger partial charge is 0.489 e. The predicted octanol–water partition coefficient (Wildman–Crippen LogP) is 3.50. The number of aromatic nitrogens is 3. The SMILES string of the molecule is CN=C(NCCCc1nnc2n1CCCCC2)NCC(C)Oc1cccc(C)c1.I. The van der Waals surface area contributed by atoms with Gasteiger partial charge in [-0.05, 0) is 50.8 Å². The molecule has 0 amide bonds. The summed E-state index contributed by atoms with van der Waals surface area (Å²) in [5.41, 5.74) is 1.20. The van der Waals surface area contributed by atoms with E-state index >= 15 is 0 Å². The van der Waals surface area contributed by atoms with Crippen molar-refractivity contribution in [1.82, 2.24) is 25.4 Å². The average molecular weight is 526 g/mol. The number of nitrogens with zero attached hydrogens (tertiary/aromatic N) is 4. The number of halogens is 1. The van der Waals surface area contributed by atoms with E-state index in [2.05, 4.69) is 56.4 Å². The molecule has 2 heterocycles. The maximum atomic E-state index is 5.96. The lowest BCUT2D eigenvalue weighted by molar-refractivity contribution is 0.223. The van der Waals surface area contributed by atoms with E-state index in [9.17, 15) is 0 Å². The van der Waals surface area contributed by atoms with Gasteiger partial charge < -0.3 is 19.9 Å². The third-order valence-corrected chi connectivity index (χ3v) is 5.16. The molecule has 1 unspecified atom stereocenters. The van der Waals surface area contributed by atoms with Gasteiger partial charge in [0.15, 0.2) is 5.96 Å². The number of ether oxygens (including phenoxy) is 1. The average Bonchev–Trinajstić information content (AvgIpc) is 2.93. The van der Waals surface area contributed by atoms with Crippen LogP contribution < -0.4 is 15.4 Å². The minimum absolute atomic E-state index is 0. The molecule has 2 N–H and O–H groups in total. The van der Waals surface area contributed by atoms with Crippen molar-refractivity contribution < 1.29 is 4.74 Å². The van der Waals surface area contributed by atoms with Gasteiger partial charge in [-0.15, -0.1) is 34.2 Å². The lowest BCUT2D eigenvalue weighted by Gasteiger charge is -2.18. The molecule has 0 fully saturated rings. The van der Waals surface area contributed by atoms with E-state index in [1.807, 2.05) is 12.1 Å². The first-order valence-electron chi connectivity index (χ1n) is 10.7. The van der Waals surface area contributed by atoms with Gasteiger partial charge in [0, 0.05) is 33.0 Å². The Hall–Kier alpha value is -1.84. The Balaban J connectivity index is 0.00000320. The normalized spacial score (nSPS) is 14.8. The van der Waals surface area contributed by atoms with Crippen molar-refractivity contribution in [3.63, 3.8) is 0 Å². The quantitative estimate of drug-likeness (QED) is 0.239. The summed E-state index contributed by atoms with van der Waals surface area (Å²) in [7, 11) is 1.79. The number of fused-ring (bicyclic) bond motifs is 1. The monoisotopic (exact) mass is 526 g/mol. The number of aliphatic imine (C=N–C) groups is 1. The number of aryl methyl sites for hydroxylation is 3. The summed E-state index contributed by atoms with van der Waals surface area (Å²) in [6, 6.07) is 8.12. The van der Waals surface area contributed by atoms with Crippen molar-refractivity contribution in [2.24, 2.45) is 4.99 Å².